The molecular weight excluding hydrogens is 310 g/mol. The standard InChI is InChI=1S/C18H20ClN3O/c19-16-4-1-3-15(13-16)6-5-14-7-11-22(12-8-14)18(23)17-20-9-2-10-21-17/h1-4,9-10,13-14H,5-8,11-12H2. The molecule has 1 saturated heterocycles. The molecule has 2 heterocycles. The molecule has 1 aromatic carbocycles. The van der Waals surface area contributed by atoms with Crippen LogP contribution in [-0.2, 0) is 6.42 Å². The van der Waals surface area contributed by atoms with Crippen molar-refractivity contribution in [3.63, 3.8) is 0 Å². The van der Waals surface area contributed by atoms with Gasteiger partial charge in [-0.2, -0.15) is 0 Å². The first-order valence-corrected chi connectivity index (χ1v) is 8.41. The molecule has 1 aliphatic rings. The highest BCUT2D eigenvalue weighted by molar-refractivity contribution is 6.30. The molecule has 23 heavy (non-hydrogen) atoms. The molecule has 0 radical (unpaired) electrons. The van der Waals surface area contributed by atoms with Crippen LogP contribution < -0.4 is 0 Å². The van der Waals surface area contributed by atoms with Gasteiger partial charge >= 0.3 is 0 Å². The van der Waals surface area contributed by atoms with Crippen LogP contribution in [0.4, 0.5) is 0 Å². The molecule has 0 bridgehead atoms. The van der Waals surface area contributed by atoms with Crippen LogP contribution in [-0.4, -0.2) is 33.9 Å². The van der Waals surface area contributed by atoms with Gasteiger partial charge in [0.2, 0.25) is 5.82 Å². The molecule has 2 aromatic rings. The second kappa shape index (κ2) is 7.55. The minimum atomic E-state index is -0.0566. The monoisotopic (exact) mass is 329 g/mol. The molecule has 1 amide bonds. The van der Waals surface area contributed by atoms with Gasteiger partial charge in [0.05, 0.1) is 0 Å². The average molecular weight is 330 g/mol. The van der Waals surface area contributed by atoms with Gasteiger partial charge in [-0.15, -0.1) is 0 Å². The number of carbonyl (C=O) groups excluding carboxylic acids is 1. The van der Waals surface area contributed by atoms with Crippen LogP contribution in [0.3, 0.4) is 0 Å². The Kier molecular flexibility index (Phi) is 5.23. The molecule has 0 spiro atoms. The SMILES string of the molecule is O=C(c1ncccn1)N1CCC(CCc2cccc(Cl)c2)CC1. The minimum Gasteiger partial charge on any atom is -0.336 e. The number of benzene rings is 1. The summed E-state index contributed by atoms with van der Waals surface area (Å²) in [6, 6.07) is 9.78. The van der Waals surface area contributed by atoms with Gasteiger partial charge in [-0.3, -0.25) is 4.79 Å². The first-order chi connectivity index (χ1) is 11.2. The van der Waals surface area contributed by atoms with Crippen LogP contribution in [0.1, 0.15) is 35.4 Å². The van der Waals surface area contributed by atoms with E-state index < -0.39 is 0 Å². The summed E-state index contributed by atoms with van der Waals surface area (Å²) in [5.41, 5.74) is 1.29. The first kappa shape index (κ1) is 15.9. The number of halogens is 1. The highest BCUT2D eigenvalue weighted by atomic mass is 35.5. The number of rotatable bonds is 4. The Labute approximate surface area is 141 Å². The van der Waals surface area contributed by atoms with Crippen molar-refractivity contribution in [1.29, 1.82) is 0 Å². The molecular formula is C18H20ClN3O. The fraction of sp³-hybridized carbons (Fsp3) is 0.389. The molecule has 0 saturated carbocycles. The van der Waals surface area contributed by atoms with Gasteiger partial charge in [0.15, 0.2) is 0 Å². The maximum absolute atomic E-state index is 12.3. The van der Waals surface area contributed by atoms with E-state index in [0.717, 1.165) is 43.8 Å². The Morgan fingerprint density at radius 1 is 1.17 bits per heavy atom. The van der Waals surface area contributed by atoms with Crippen LogP contribution in [0.25, 0.3) is 0 Å². The lowest BCUT2D eigenvalue weighted by molar-refractivity contribution is 0.0674. The highest BCUT2D eigenvalue weighted by Crippen LogP contribution is 2.23. The van der Waals surface area contributed by atoms with Crippen molar-refractivity contribution in [1.82, 2.24) is 14.9 Å². The number of amides is 1. The van der Waals surface area contributed by atoms with E-state index in [4.69, 9.17) is 11.6 Å². The molecule has 0 aliphatic carbocycles. The van der Waals surface area contributed by atoms with Crippen LogP contribution in [0.5, 0.6) is 0 Å². The third kappa shape index (κ3) is 4.29. The number of aryl methyl sites for hydroxylation is 1. The predicted molar refractivity (Wildman–Crippen MR) is 90.4 cm³/mol. The van der Waals surface area contributed by atoms with Crippen LogP contribution in [0, 0.1) is 5.92 Å². The lowest BCUT2D eigenvalue weighted by Crippen LogP contribution is -2.39. The zero-order valence-electron chi connectivity index (χ0n) is 13.0. The quantitative estimate of drug-likeness (QED) is 0.860. The van der Waals surface area contributed by atoms with Crippen molar-refractivity contribution < 1.29 is 4.79 Å². The maximum Gasteiger partial charge on any atom is 0.291 e. The third-order valence-electron chi connectivity index (χ3n) is 4.39. The Hall–Kier alpha value is -1.94. The van der Waals surface area contributed by atoms with Crippen molar-refractivity contribution in [2.75, 3.05) is 13.1 Å². The lowest BCUT2D eigenvalue weighted by atomic mass is 9.90. The zero-order valence-corrected chi connectivity index (χ0v) is 13.7. The van der Waals surface area contributed by atoms with Gasteiger partial charge in [-0.05, 0) is 55.4 Å². The first-order valence-electron chi connectivity index (χ1n) is 8.03. The summed E-state index contributed by atoms with van der Waals surface area (Å²) in [4.78, 5) is 22.3. The van der Waals surface area contributed by atoms with E-state index in [1.807, 2.05) is 23.1 Å². The second-order valence-electron chi connectivity index (χ2n) is 5.98. The number of piperidine rings is 1. The molecule has 0 atom stereocenters. The molecule has 1 fully saturated rings. The van der Waals surface area contributed by atoms with Crippen molar-refractivity contribution in [2.24, 2.45) is 5.92 Å². The van der Waals surface area contributed by atoms with E-state index >= 15 is 0 Å². The normalized spacial score (nSPS) is 15.6. The number of carbonyl (C=O) groups is 1. The van der Waals surface area contributed by atoms with Gasteiger partial charge in [-0.1, -0.05) is 23.7 Å². The topological polar surface area (TPSA) is 46.1 Å². The van der Waals surface area contributed by atoms with Crippen molar-refractivity contribution in [3.8, 4) is 0 Å². The lowest BCUT2D eigenvalue weighted by Gasteiger charge is -2.31. The van der Waals surface area contributed by atoms with Crippen molar-refractivity contribution in [2.45, 2.75) is 25.7 Å². The number of hydrogen-bond donors (Lipinski definition) is 0. The minimum absolute atomic E-state index is 0.0566. The summed E-state index contributed by atoms with van der Waals surface area (Å²) in [5, 5.41) is 0.797. The fourth-order valence-corrected chi connectivity index (χ4v) is 3.25. The number of hydrogen-bond acceptors (Lipinski definition) is 3. The summed E-state index contributed by atoms with van der Waals surface area (Å²) in [7, 11) is 0. The molecule has 0 unspecified atom stereocenters. The molecule has 5 heteroatoms. The van der Waals surface area contributed by atoms with Gasteiger partial charge < -0.3 is 4.90 Å². The summed E-state index contributed by atoms with van der Waals surface area (Å²) in [5.74, 6) is 0.901. The Bertz CT molecular complexity index is 654. The van der Waals surface area contributed by atoms with Gasteiger partial charge in [0.25, 0.3) is 5.91 Å². The maximum atomic E-state index is 12.3. The van der Waals surface area contributed by atoms with Gasteiger partial charge in [0.1, 0.15) is 0 Å². The Balaban J connectivity index is 1.48. The summed E-state index contributed by atoms with van der Waals surface area (Å²) in [6.07, 6.45) is 7.49. The summed E-state index contributed by atoms with van der Waals surface area (Å²) < 4.78 is 0. The Morgan fingerprint density at radius 3 is 2.61 bits per heavy atom. The zero-order chi connectivity index (χ0) is 16.1. The van der Waals surface area contributed by atoms with E-state index in [2.05, 4.69) is 16.0 Å². The Morgan fingerprint density at radius 2 is 1.91 bits per heavy atom. The smallest absolute Gasteiger partial charge is 0.291 e. The van der Waals surface area contributed by atoms with E-state index in [1.54, 1.807) is 18.5 Å². The largest absolute Gasteiger partial charge is 0.336 e. The van der Waals surface area contributed by atoms with Crippen LogP contribution >= 0.6 is 11.6 Å². The number of likely N-dealkylation sites (tertiary alicyclic amines) is 1. The van der Waals surface area contributed by atoms with Gasteiger partial charge in [-0.25, -0.2) is 9.97 Å². The fourth-order valence-electron chi connectivity index (χ4n) is 3.04. The summed E-state index contributed by atoms with van der Waals surface area (Å²) in [6.45, 7) is 1.58. The average Bonchev–Trinajstić information content (AvgIpc) is 2.61. The molecule has 3 rings (SSSR count). The molecule has 120 valence electrons. The summed E-state index contributed by atoms with van der Waals surface area (Å²) >= 11 is 6.02. The van der Waals surface area contributed by atoms with Crippen molar-refractivity contribution in [3.05, 3.63) is 59.1 Å². The molecule has 4 nitrogen and oxygen atoms in total. The second-order valence-corrected chi connectivity index (χ2v) is 6.41. The molecule has 1 aliphatic heterocycles. The highest BCUT2D eigenvalue weighted by Gasteiger charge is 2.24. The van der Waals surface area contributed by atoms with E-state index in [9.17, 15) is 4.79 Å². The molecule has 1 aromatic heterocycles. The van der Waals surface area contributed by atoms with Crippen LogP contribution in [0.15, 0.2) is 42.7 Å². The third-order valence-corrected chi connectivity index (χ3v) is 4.62. The van der Waals surface area contributed by atoms with E-state index in [1.165, 1.54) is 5.56 Å². The number of aromatic nitrogens is 2. The van der Waals surface area contributed by atoms with E-state index in [-0.39, 0.29) is 5.91 Å². The van der Waals surface area contributed by atoms with E-state index in [0.29, 0.717) is 11.7 Å². The number of nitrogens with zero attached hydrogens (tertiary/aromatic N) is 3. The predicted octanol–water partition coefficient (Wildman–Crippen LogP) is 3.62. The van der Waals surface area contributed by atoms with Crippen molar-refractivity contribution >= 4 is 17.5 Å². The van der Waals surface area contributed by atoms with Gasteiger partial charge in [0, 0.05) is 30.5 Å². The molecule has 0 N–H and O–H groups in total. The van der Waals surface area contributed by atoms with Crippen LogP contribution in [0.2, 0.25) is 5.02 Å².